The molecule has 0 bridgehead atoms. The molecule has 0 aliphatic heterocycles. The fourth-order valence-corrected chi connectivity index (χ4v) is 2.72. The van der Waals surface area contributed by atoms with E-state index in [-0.39, 0.29) is 17.8 Å². The molecule has 16 heavy (non-hydrogen) atoms. The molecule has 0 radical (unpaired) electrons. The largest absolute Gasteiger partial charge is 0.393 e. The molecule has 92 valence electrons. The average Bonchev–Trinajstić information content (AvgIpc) is 2.10. The summed E-state index contributed by atoms with van der Waals surface area (Å²) in [6.07, 6.45) is 3.79. The van der Waals surface area contributed by atoms with Gasteiger partial charge in [0.15, 0.2) is 5.78 Å². The van der Waals surface area contributed by atoms with Crippen molar-refractivity contribution < 1.29 is 15.0 Å². The third-order valence-electron chi connectivity index (χ3n) is 3.78. The maximum atomic E-state index is 11.0. The van der Waals surface area contributed by atoms with Crippen LogP contribution in [0.1, 0.15) is 40.5 Å². The Morgan fingerprint density at radius 1 is 1.44 bits per heavy atom. The number of aliphatic hydroxyl groups is 2. The van der Waals surface area contributed by atoms with Gasteiger partial charge in [-0.1, -0.05) is 20.8 Å². The topological polar surface area (TPSA) is 57.5 Å². The minimum Gasteiger partial charge on any atom is -0.393 e. The van der Waals surface area contributed by atoms with Crippen molar-refractivity contribution in [2.45, 2.75) is 52.2 Å². The number of hydrogen-bond donors (Lipinski definition) is 2. The lowest BCUT2D eigenvalue weighted by Gasteiger charge is -2.50. The molecule has 0 unspecified atom stereocenters. The number of aliphatic hydroxyl groups excluding tert-OH is 1. The van der Waals surface area contributed by atoms with Gasteiger partial charge in [-0.25, -0.2) is 0 Å². The molecule has 1 rings (SSSR count). The van der Waals surface area contributed by atoms with Crippen LogP contribution in [-0.2, 0) is 4.79 Å². The molecule has 1 aliphatic carbocycles. The highest BCUT2D eigenvalue weighted by molar-refractivity contribution is 5.87. The highest BCUT2D eigenvalue weighted by atomic mass is 16.3. The van der Waals surface area contributed by atoms with Crippen molar-refractivity contribution in [3.63, 3.8) is 0 Å². The van der Waals surface area contributed by atoms with Crippen LogP contribution in [0.15, 0.2) is 12.2 Å². The van der Waals surface area contributed by atoms with E-state index in [0.29, 0.717) is 12.8 Å². The first-order valence-electron chi connectivity index (χ1n) is 5.79. The Bertz CT molecular complexity index is 306. The number of carbonyl (C=O) groups is 1. The first-order chi connectivity index (χ1) is 7.19. The maximum absolute atomic E-state index is 11.0. The molecule has 0 heterocycles. The molecule has 3 atom stereocenters. The molecule has 1 aliphatic rings. The zero-order chi connectivity index (χ0) is 12.6. The minimum absolute atomic E-state index is 0.0538. The molecular weight excluding hydrogens is 204 g/mol. The number of hydrogen-bond acceptors (Lipinski definition) is 3. The summed E-state index contributed by atoms with van der Waals surface area (Å²) in [5.41, 5.74) is -1.44. The third kappa shape index (κ3) is 2.36. The minimum atomic E-state index is -1.02. The summed E-state index contributed by atoms with van der Waals surface area (Å²) < 4.78 is 0. The molecule has 0 amide bonds. The Morgan fingerprint density at radius 3 is 2.44 bits per heavy atom. The van der Waals surface area contributed by atoms with Crippen LogP contribution in [0.2, 0.25) is 0 Å². The van der Waals surface area contributed by atoms with E-state index in [4.69, 9.17) is 0 Å². The van der Waals surface area contributed by atoms with Gasteiger partial charge in [0, 0.05) is 0 Å². The second-order valence-corrected chi connectivity index (χ2v) is 5.65. The second kappa shape index (κ2) is 4.30. The molecule has 0 aromatic rings. The van der Waals surface area contributed by atoms with Crippen LogP contribution < -0.4 is 0 Å². The summed E-state index contributed by atoms with van der Waals surface area (Å²) in [6, 6.07) is 0. The Hall–Kier alpha value is -0.670. The standard InChI is InChI=1S/C13H22O3/c1-9-7-11(15)8-12(3,4)13(9,16)6-5-10(2)14/h5-6,9,11,15-16H,7-8H2,1-4H3/b6-5+/t9-,11+,13+/m1/s1. The van der Waals surface area contributed by atoms with E-state index in [9.17, 15) is 15.0 Å². The summed E-state index contributed by atoms with van der Waals surface area (Å²) in [7, 11) is 0. The molecular formula is C13H22O3. The third-order valence-corrected chi connectivity index (χ3v) is 3.78. The summed E-state index contributed by atoms with van der Waals surface area (Å²) in [4.78, 5) is 11.0. The lowest BCUT2D eigenvalue weighted by Crippen LogP contribution is -2.54. The molecule has 0 spiro atoms. The lowest BCUT2D eigenvalue weighted by molar-refractivity contribution is -0.128. The Kier molecular flexibility index (Phi) is 3.60. The number of ketones is 1. The van der Waals surface area contributed by atoms with Crippen LogP contribution in [0, 0.1) is 11.3 Å². The van der Waals surface area contributed by atoms with E-state index in [1.54, 1.807) is 6.08 Å². The van der Waals surface area contributed by atoms with Crippen molar-refractivity contribution in [1.82, 2.24) is 0 Å². The number of allylic oxidation sites excluding steroid dienone is 1. The predicted molar refractivity (Wildman–Crippen MR) is 63.0 cm³/mol. The first-order valence-corrected chi connectivity index (χ1v) is 5.79. The van der Waals surface area contributed by atoms with Gasteiger partial charge >= 0.3 is 0 Å². The Labute approximate surface area is 97.2 Å². The zero-order valence-electron chi connectivity index (χ0n) is 10.5. The van der Waals surface area contributed by atoms with Crippen molar-refractivity contribution in [2.24, 2.45) is 11.3 Å². The van der Waals surface area contributed by atoms with Crippen LogP contribution in [0.3, 0.4) is 0 Å². The molecule has 3 nitrogen and oxygen atoms in total. The SMILES string of the molecule is CC(=O)/C=C/[C@]1(O)[C@H](C)C[C@H](O)CC1(C)C. The molecule has 1 saturated carbocycles. The van der Waals surface area contributed by atoms with E-state index < -0.39 is 11.0 Å². The van der Waals surface area contributed by atoms with Crippen molar-refractivity contribution >= 4 is 5.78 Å². The van der Waals surface area contributed by atoms with Gasteiger partial charge in [0.2, 0.25) is 0 Å². The van der Waals surface area contributed by atoms with Crippen LogP contribution in [0.25, 0.3) is 0 Å². The van der Waals surface area contributed by atoms with Gasteiger partial charge in [-0.3, -0.25) is 4.79 Å². The van der Waals surface area contributed by atoms with Crippen LogP contribution in [0.4, 0.5) is 0 Å². The number of carbonyl (C=O) groups excluding carboxylic acids is 1. The monoisotopic (exact) mass is 226 g/mol. The quantitative estimate of drug-likeness (QED) is 0.704. The Morgan fingerprint density at radius 2 is 2.00 bits per heavy atom. The molecule has 0 saturated heterocycles. The summed E-state index contributed by atoms with van der Waals surface area (Å²) in [6.45, 7) is 7.23. The average molecular weight is 226 g/mol. The van der Waals surface area contributed by atoms with Gasteiger partial charge in [0.1, 0.15) is 0 Å². The normalized spacial score (nSPS) is 38.9. The predicted octanol–water partition coefficient (Wildman–Crippen LogP) is 1.68. The molecule has 0 aromatic heterocycles. The first kappa shape index (κ1) is 13.4. The molecule has 3 heteroatoms. The van der Waals surface area contributed by atoms with E-state index in [0.717, 1.165) is 0 Å². The van der Waals surface area contributed by atoms with Crippen molar-refractivity contribution in [3.8, 4) is 0 Å². The van der Waals surface area contributed by atoms with Crippen LogP contribution in [0.5, 0.6) is 0 Å². The van der Waals surface area contributed by atoms with Crippen molar-refractivity contribution in [3.05, 3.63) is 12.2 Å². The summed E-state index contributed by atoms with van der Waals surface area (Å²) in [5.74, 6) is -0.121. The molecule has 0 aromatic carbocycles. The van der Waals surface area contributed by atoms with Crippen LogP contribution >= 0.6 is 0 Å². The summed E-state index contributed by atoms with van der Waals surface area (Å²) in [5, 5.41) is 20.4. The highest BCUT2D eigenvalue weighted by Crippen LogP contribution is 2.47. The van der Waals surface area contributed by atoms with Crippen molar-refractivity contribution in [1.29, 1.82) is 0 Å². The fourth-order valence-electron chi connectivity index (χ4n) is 2.72. The van der Waals surface area contributed by atoms with Gasteiger partial charge in [0.25, 0.3) is 0 Å². The van der Waals surface area contributed by atoms with Crippen LogP contribution in [-0.4, -0.2) is 27.7 Å². The Balaban J connectivity index is 3.02. The highest BCUT2D eigenvalue weighted by Gasteiger charge is 2.50. The van der Waals surface area contributed by atoms with Gasteiger partial charge in [-0.2, -0.15) is 0 Å². The van der Waals surface area contributed by atoms with Gasteiger partial charge in [-0.05, 0) is 43.3 Å². The van der Waals surface area contributed by atoms with Gasteiger partial charge < -0.3 is 10.2 Å². The molecule has 2 N–H and O–H groups in total. The maximum Gasteiger partial charge on any atom is 0.152 e. The van der Waals surface area contributed by atoms with Gasteiger partial charge in [0.05, 0.1) is 11.7 Å². The summed E-state index contributed by atoms with van der Waals surface area (Å²) >= 11 is 0. The molecule has 1 fully saturated rings. The fraction of sp³-hybridized carbons (Fsp3) is 0.769. The number of rotatable bonds is 2. The van der Waals surface area contributed by atoms with Crippen molar-refractivity contribution in [2.75, 3.05) is 0 Å². The van der Waals surface area contributed by atoms with Gasteiger partial charge in [-0.15, -0.1) is 0 Å². The smallest absolute Gasteiger partial charge is 0.152 e. The van der Waals surface area contributed by atoms with E-state index in [1.807, 2.05) is 20.8 Å². The second-order valence-electron chi connectivity index (χ2n) is 5.65. The van der Waals surface area contributed by atoms with E-state index in [2.05, 4.69) is 0 Å². The zero-order valence-corrected chi connectivity index (χ0v) is 10.5. The van der Waals surface area contributed by atoms with E-state index >= 15 is 0 Å². The van der Waals surface area contributed by atoms with E-state index in [1.165, 1.54) is 13.0 Å². The lowest BCUT2D eigenvalue weighted by atomic mass is 9.60.